The Morgan fingerprint density at radius 3 is 1.77 bits per heavy atom. The van der Waals surface area contributed by atoms with Crippen molar-refractivity contribution in [1.82, 2.24) is 5.32 Å². The van der Waals surface area contributed by atoms with Gasteiger partial charge in [-0.25, -0.2) is 0 Å². The summed E-state index contributed by atoms with van der Waals surface area (Å²) in [6, 6.07) is -0.637. The Morgan fingerprint density at radius 2 is 1.17 bits per heavy atom. The summed E-state index contributed by atoms with van der Waals surface area (Å²) in [7, 11) is 0. The molecule has 0 aromatic carbocycles. The number of nitrogens with one attached hydrogen (secondary N) is 1. The molecule has 1 amide bonds. The second kappa shape index (κ2) is 27.2. The molecule has 0 aliphatic rings. The maximum Gasteiger partial charge on any atom is 0.220 e. The number of allylic oxidation sites excluding steroid dienone is 5. The van der Waals surface area contributed by atoms with E-state index < -0.39 is 12.1 Å². The highest BCUT2D eigenvalue weighted by Gasteiger charge is 2.17. The number of carbonyl (C=O) groups is 1. The van der Waals surface area contributed by atoms with E-state index in [1.807, 2.05) is 6.08 Å². The van der Waals surface area contributed by atoms with E-state index in [0.29, 0.717) is 6.42 Å². The predicted octanol–water partition coefficient (Wildman–Crippen LogP) is 7.94. The van der Waals surface area contributed by atoms with Crippen molar-refractivity contribution in [3.63, 3.8) is 0 Å². The van der Waals surface area contributed by atoms with E-state index in [1.165, 1.54) is 70.6 Å². The van der Waals surface area contributed by atoms with Gasteiger partial charge in [-0.2, -0.15) is 0 Å². The van der Waals surface area contributed by atoms with Gasteiger partial charge in [-0.1, -0.05) is 115 Å². The fourth-order valence-electron chi connectivity index (χ4n) is 4.02. The topological polar surface area (TPSA) is 69.6 Å². The van der Waals surface area contributed by atoms with Gasteiger partial charge in [0.2, 0.25) is 5.91 Å². The van der Waals surface area contributed by atoms with E-state index in [1.54, 1.807) is 6.08 Å². The number of unbranched alkanes of at least 4 members (excludes halogenated alkanes) is 14. The monoisotopic (exact) mass is 491 g/mol. The van der Waals surface area contributed by atoms with Crippen molar-refractivity contribution in [3.05, 3.63) is 36.5 Å². The molecule has 2 atom stereocenters. The molecule has 4 heteroatoms. The number of hydrogen-bond acceptors (Lipinski definition) is 3. The highest BCUT2D eigenvalue weighted by atomic mass is 16.3. The van der Waals surface area contributed by atoms with Crippen LogP contribution in [0.5, 0.6) is 0 Å². The van der Waals surface area contributed by atoms with E-state index >= 15 is 0 Å². The van der Waals surface area contributed by atoms with E-state index in [2.05, 4.69) is 43.5 Å². The van der Waals surface area contributed by atoms with E-state index in [0.717, 1.165) is 44.9 Å². The third-order valence-electron chi connectivity index (χ3n) is 6.33. The standard InChI is InChI=1S/C31H57NO3/c1-3-5-7-9-11-13-15-16-17-18-20-22-24-26-30(34)29(28-33)32-31(35)27-25-23-21-19-14-12-10-8-6-4-2/h8,10,17-18,24,26,29-30,33-34H,3-7,9,11-16,19-23,25,27-28H2,1-2H3,(H,32,35)/b10-8-,18-17+,26-24+. The lowest BCUT2D eigenvalue weighted by atomic mass is 10.1. The molecule has 204 valence electrons. The molecule has 0 spiro atoms. The average Bonchev–Trinajstić information content (AvgIpc) is 2.86. The largest absolute Gasteiger partial charge is 0.394 e. The number of hydrogen-bond donors (Lipinski definition) is 3. The molecule has 35 heavy (non-hydrogen) atoms. The first-order valence-electron chi connectivity index (χ1n) is 14.7. The van der Waals surface area contributed by atoms with Crippen LogP contribution in [-0.2, 0) is 4.79 Å². The third kappa shape index (κ3) is 24.1. The molecule has 3 N–H and O–H groups in total. The lowest BCUT2D eigenvalue weighted by Crippen LogP contribution is -2.45. The van der Waals surface area contributed by atoms with E-state index in [-0.39, 0.29) is 12.5 Å². The smallest absolute Gasteiger partial charge is 0.220 e. The van der Waals surface area contributed by atoms with Crippen molar-refractivity contribution in [3.8, 4) is 0 Å². The lowest BCUT2D eigenvalue weighted by molar-refractivity contribution is -0.123. The first kappa shape index (κ1) is 33.6. The first-order chi connectivity index (χ1) is 17.2. The summed E-state index contributed by atoms with van der Waals surface area (Å²) in [5, 5.41) is 22.6. The third-order valence-corrected chi connectivity index (χ3v) is 6.33. The number of aliphatic hydroxyl groups excluding tert-OH is 2. The zero-order chi connectivity index (χ0) is 25.8. The van der Waals surface area contributed by atoms with Crippen molar-refractivity contribution >= 4 is 5.91 Å². The summed E-state index contributed by atoms with van der Waals surface area (Å²) in [6.07, 6.45) is 33.6. The summed E-state index contributed by atoms with van der Waals surface area (Å²) < 4.78 is 0. The first-order valence-corrected chi connectivity index (χ1v) is 14.7. The van der Waals surface area contributed by atoms with Crippen LogP contribution in [0.15, 0.2) is 36.5 Å². The summed E-state index contributed by atoms with van der Waals surface area (Å²) in [5.41, 5.74) is 0. The molecule has 0 aliphatic heterocycles. The van der Waals surface area contributed by atoms with Gasteiger partial charge in [-0.3, -0.25) is 4.79 Å². The molecule has 0 saturated carbocycles. The molecule has 0 radical (unpaired) electrons. The Kier molecular flexibility index (Phi) is 26.1. The van der Waals surface area contributed by atoms with Crippen LogP contribution in [0.25, 0.3) is 0 Å². The van der Waals surface area contributed by atoms with Crippen molar-refractivity contribution in [1.29, 1.82) is 0 Å². The van der Waals surface area contributed by atoms with Crippen LogP contribution in [0.1, 0.15) is 136 Å². The fraction of sp³-hybridized carbons (Fsp3) is 0.774. The Balaban J connectivity index is 3.79. The van der Waals surface area contributed by atoms with Crippen molar-refractivity contribution < 1.29 is 15.0 Å². The lowest BCUT2D eigenvalue weighted by Gasteiger charge is -2.19. The van der Waals surface area contributed by atoms with Gasteiger partial charge >= 0.3 is 0 Å². The highest BCUT2D eigenvalue weighted by Crippen LogP contribution is 2.10. The minimum Gasteiger partial charge on any atom is -0.394 e. The summed E-state index contributed by atoms with van der Waals surface area (Å²) >= 11 is 0. The van der Waals surface area contributed by atoms with E-state index in [9.17, 15) is 15.0 Å². The number of amides is 1. The summed E-state index contributed by atoms with van der Waals surface area (Å²) in [4.78, 5) is 12.2. The molecule has 0 rings (SSSR count). The fourth-order valence-corrected chi connectivity index (χ4v) is 4.02. The Morgan fingerprint density at radius 1 is 0.657 bits per heavy atom. The molecule has 0 bridgehead atoms. The Bertz CT molecular complexity index is 541. The highest BCUT2D eigenvalue weighted by molar-refractivity contribution is 5.76. The van der Waals surface area contributed by atoms with Crippen LogP contribution in [-0.4, -0.2) is 34.9 Å². The molecule has 4 nitrogen and oxygen atoms in total. The summed E-state index contributed by atoms with van der Waals surface area (Å²) in [6.45, 7) is 4.18. The predicted molar refractivity (Wildman–Crippen MR) is 152 cm³/mol. The van der Waals surface area contributed by atoms with Crippen LogP contribution >= 0.6 is 0 Å². The number of aliphatic hydroxyl groups is 2. The quantitative estimate of drug-likeness (QED) is 0.0896. The SMILES string of the molecule is CCC/C=C\CCCCCCCC(=O)NC(CO)C(O)/C=C/CC/C=C/CCCCCCCCC. The maximum absolute atomic E-state index is 12.2. The number of rotatable bonds is 25. The Labute approximate surface area is 217 Å². The molecule has 0 aromatic heterocycles. The molecular formula is C31H57NO3. The second-order valence-electron chi connectivity index (χ2n) is 9.80. The maximum atomic E-state index is 12.2. The minimum atomic E-state index is -0.860. The molecule has 2 unspecified atom stereocenters. The Hall–Kier alpha value is -1.39. The normalized spacial score (nSPS) is 13.8. The van der Waals surface area contributed by atoms with Crippen LogP contribution in [0.2, 0.25) is 0 Å². The van der Waals surface area contributed by atoms with Gasteiger partial charge in [0.15, 0.2) is 0 Å². The van der Waals surface area contributed by atoms with Crippen molar-refractivity contribution in [2.75, 3.05) is 6.61 Å². The molecule has 0 aliphatic carbocycles. The second-order valence-corrected chi connectivity index (χ2v) is 9.80. The molecular weight excluding hydrogens is 434 g/mol. The van der Waals surface area contributed by atoms with Crippen LogP contribution in [0.4, 0.5) is 0 Å². The van der Waals surface area contributed by atoms with Gasteiger partial charge in [-0.15, -0.1) is 0 Å². The molecule has 0 fully saturated rings. The molecule has 0 heterocycles. The van der Waals surface area contributed by atoms with Crippen LogP contribution in [0, 0.1) is 0 Å². The van der Waals surface area contributed by atoms with Gasteiger partial charge in [0.1, 0.15) is 0 Å². The molecule has 0 saturated heterocycles. The van der Waals surface area contributed by atoms with Crippen LogP contribution in [0.3, 0.4) is 0 Å². The van der Waals surface area contributed by atoms with E-state index in [4.69, 9.17) is 0 Å². The average molecular weight is 492 g/mol. The zero-order valence-electron chi connectivity index (χ0n) is 23.1. The van der Waals surface area contributed by atoms with Crippen molar-refractivity contribution in [2.24, 2.45) is 0 Å². The van der Waals surface area contributed by atoms with Gasteiger partial charge < -0.3 is 15.5 Å². The minimum absolute atomic E-state index is 0.0905. The van der Waals surface area contributed by atoms with Gasteiger partial charge in [0, 0.05) is 6.42 Å². The summed E-state index contributed by atoms with van der Waals surface area (Å²) in [5.74, 6) is -0.0905. The van der Waals surface area contributed by atoms with Crippen molar-refractivity contribution in [2.45, 2.75) is 148 Å². The number of carbonyl (C=O) groups excluding carboxylic acids is 1. The van der Waals surface area contributed by atoms with Gasteiger partial charge in [0.05, 0.1) is 18.8 Å². The molecule has 0 aromatic rings. The zero-order valence-corrected chi connectivity index (χ0v) is 23.1. The van der Waals surface area contributed by atoms with Gasteiger partial charge in [0.25, 0.3) is 0 Å². The van der Waals surface area contributed by atoms with Crippen LogP contribution < -0.4 is 5.32 Å². The van der Waals surface area contributed by atoms with Gasteiger partial charge in [-0.05, 0) is 51.4 Å².